The monoisotopic (exact) mass is 315 g/mol. The second-order valence-electron chi connectivity index (χ2n) is 4.90. The first-order valence-corrected chi connectivity index (χ1v) is 6.93. The van der Waals surface area contributed by atoms with E-state index in [1.165, 1.54) is 12.1 Å². The highest BCUT2D eigenvalue weighted by Crippen LogP contribution is 2.20. The van der Waals surface area contributed by atoms with E-state index in [1.807, 2.05) is 13.8 Å². The number of halogens is 2. The third-order valence-corrected chi connectivity index (χ3v) is 3.42. The molecule has 1 aromatic carbocycles. The maximum atomic E-state index is 13.7. The molecule has 0 spiro atoms. The number of benzene rings is 1. The summed E-state index contributed by atoms with van der Waals surface area (Å²) in [6.45, 7) is 3.97. The van der Waals surface area contributed by atoms with Gasteiger partial charge in [-0.2, -0.15) is 0 Å². The fraction of sp³-hybridized carbons (Fsp3) is 0.429. The van der Waals surface area contributed by atoms with E-state index in [-0.39, 0.29) is 41.2 Å². The van der Waals surface area contributed by atoms with Crippen molar-refractivity contribution < 1.29 is 14.4 Å². The number of carbonyl (C=O) groups excluding carboxylic acids is 1. The van der Waals surface area contributed by atoms with Gasteiger partial charge in [0, 0.05) is 29.6 Å². The van der Waals surface area contributed by atoms with Crippen LogP contribution in [0.2, 0.25) is 5.02 Å². The number of nitrogens with zero attached hydrogens (tertiary/aromatic N) is 2. The normalized spacial score (nSPS) is 11.8. The molecule has 0 fully saturated rings. The van der Waals surface area contributed by atoms with Crippen LogP contribution in [0.25, 0.3) is 0 Å². The van der Waals surface area contributed by atoms with Crippen LogP contribution in [0.1, 0.15) is 25.8 Å². The largest absolute Gasteiger partial charge is 0.409 e. The molecule has 116 valence electrons. The second-order valence-corrected chi connectivity index (χ2v) is 5.31. The first-order chi connectivity index (χ1) is 9.86. The van der Waals surface area contributed by atoms with E-state index < -0.39 is 5.82 Å². The minimum Gasteiger partial charge on any atom is -0.409 e. The summed E-state index contributed by atoms with van der Waals surface area (Å²) in [5.74, 6) is -0.726. The highest BCUT2D eigenvalue weighted by Gasteiger charge is 2.20. The van der Waals surface area contributed by atoms with Crippen molar-refractivity contribution in [3.63, 3.8) is 0 Å². The van der Waals surface area contributed by atoms with Crippen molar-refractivity contribution in [2.24, 2.45) is 10.9 Å². The summed E-state index contributed by atoms with van der Waals surface area (Å²) in [6.07, 6.45) is 0.116. The Balaban J connectivity index is 2.82. The molecular weight excluding hydrogens is 297 g/mol. The lowest BCUT2D eigenvalue weighted by molar-refractivity contribution is -0.132. The quantitative estimate of drug-likeness (QED) is 0.366. The summed E-state index contributed by atoms with van der Waals surface area (Å²) in [5.41, 5.74) is 5.58. The van der Waals surface area contributed by atoms with E-state index in [4.69, 9.17) is 22.5 Å². The molecule has 0 unspecified atom stereocenters. The lowest BCUT2D eigenvalue weighted by atomic mass is 10.1. The lowest BCUT2D eigenvalue weighted by Crippen LogP contribution is -2.40. The van der Waals surface area contributed by atoms with Crippen LogP contribution in [0.3, 0.4) is 0 Å². The summed E-state index contributed by atoms with van der Waals surface area (Å²) in [5, 5.41) is 11.6. The van der Waals surface area contributed by atoms with Gasteiger partial charge in [0.2, 0.25) is 5.91 Å². The SMILES string of the molecule is CC(C)N(CCC(N)=NO)C(=O)Cc1c(F)cccc1Cl. The predicted molar refractivity (Wildman–Crippen MR) is 80.0 cm³/mol. The minimum atomic E-state index is -0.504. The highest BCUT2D eigenvalue weighted by molar-refractivity contribution is 6.31. The third-order valence-electron chi connectivity index (χ3n) is 3.07. The van der Waals surface area contributed by atoms with Crippen molar-refractivity contribution in [1.29, 1.82) is 0 Å². The topological polar surface area (TPSA) is 78.9 Å². The van der Waals surface area contributed by atoms with Gasteiger partial charge in [-0.05, 0) is 26.0 Å². The van der Waals surface area contributed by atoms with Crippen molar-refractivity contribution >= 4 is 23.3 Å². The number of oxime groups is 1. The molecule has 1 amide bonds. The molecule has 0 saturated heterocycles. The lowest BCUT2D eigenvalue weighted by Gasteiger charge is -2.27. The number of amides is 1. The average Bonchev–Trinajstić information content (AvgIpc) is 2.42. The molecule has 21 heavy (non-hydrogen) atoms. The van der Waals surface area contributed by atoms with Crippen molar-refractivity contribution in [2.75, 3.05) is 6.54 Å². The molecule has 0 aliphatic heterocycles. The van der Waals surface area contributed by atoms with Gasteiger partial charge in [-0.3, -0.25) is 4.79 Å². The van der Waals surface area contributed by atoms with Crippen molar-refractivity contribution in [2.45, 2.75) is 32.7 Å². The fourth-order valence-corrected chi connectivity index (χ4v) is 2.14. The number of nitrogens with two attached hydrogens (primary N) is 1. The minimum absolute atomic E-state index is 0.0392. The smallest absolute Gasteiger partial charge is 0.227 e. The van der Waals surface area contributed by atoms with Crippen LogP contribution < -0.4 is 5.73 Å². The van der Waals surface area contributed by atoms with Gasteiger partial charge < -0.3 is 15.8 Å². The van der Waals surface area contributed by atoms with Crippen LogP contribution in [0.4, 0.5) is 4.39 Å². The van der Waals surface area contributed by atoms with Crippen molar-refractivity contribution in [3.8, 4) is 0 Å². The summed E-state index contributed by atoms with van der Waals surface area (Å²) >= 11 is 5.92. The number of hydrogen-bond acceptors (Lipinski definition) is 3. The summed E-state index contributed by atoms with van der Waals surface area (Å²) in [4.78, 5) is 13.9. The van der Waals surface area contributed by atoms with Crippen LogP contribution in [0.5, 0.6) is 0 Å². The van der Waals surface area contributed by atoms with Crippen molar-refractivity contribution in [1.82, 2.24) is 4.90 Å². The maximum Gasteiger partial charge on any atom is 0.227 e. The Kier molecular flexibility index (Phi) is 6.42. The molecule has 7 heteroatoms. The molecular formula is C14H19ClFN3O2. The maximum absolute atomic E-state index is 13.7. The average molecular weight is 316 g/mol. The van der Waals surface area contributed by atoms with Gasteiger partial charge in [-0.15, -0.1) is 0 Å². The Labute approximate surface area is 128 Å². The number of carbonyl (C=O) groups is 1. The van der Waals surface area contributed by atoms with Crippen LogP contribution in [-0.2, 0) is 11.2 Å². The molecule has 0 aromatic heterocycles. The van der Waals surface area contributed by atoms with Crippen molar-refractivity contribution in [3.05, 3.63) is 34.6 Å². The number of hydrogen-bond donors (Lipinski definition) is 2. The summed E-state index contributed by atoms with van der Waals surface area (Å²) < 4.78 is 13.7. The van der Waals surface area contributed by atoms with Gasteiger partial charge in [-0.1, -0.05) is 22.8 Å². The highest BCUT2D eigenvalue weighted by atomic mass is 35.5. The molecule has 0 atom stereocenters. The fourth-order valence-electron chi connectivity index (χ4n) is 1.91. The van der Waals surface area contributed by atoms with Gasteiger partial charge >= 0.3 is 0 Å². The van der Waals surface area contributed by atoms with E-state index in [1.54, 1.807) is 11.0 Å². The molecule has 0 aliphatic rings. The summed E-state index contributed by atoms with van der Waals surface area (Å²) in [7, 11) is 0. The van der Waals surface area contributed by atoms with Gasteiger partial charge in [0.15, 0.2) is 0 Å². The Morgan fingerprint density at radius 2 is 2.19 bits per heavy atom. The molecule has 0 radical (unpaired) electrons. The Bertz CT molecular complexity index is 515. The molecule has 0 heterocycles. The van der Waals surface area contributed by atoms with Gasteiger partial charge in [0.05, 0.1) is 6.42 Å². The summed E-state index contributed by atoms with van der Waals surface area (Å²) in [6, 6.07) is 4.22. The number of amidine groups is 1. The zero-order chi connectivity index (χ0) is 16.0. The zero-order valence-electron chi connectivity index (χ0n) is 12.0. The second kappa shape index (κ2) is 7.83. The molecule has 3 N–H and O–H groups in total. The van der Waals surface area contributed by atoms with Gasteiger partial charge in [0.1, 0.15) is 11.7 Å². The third kappa shape index (κ3) is 4.90. The Morgan fingerprint density at radius 3 is 2.71 bits per heavy atom. The van der Waals surface area contributed by atoms with E-state index >= 15 is 0 Å². The first-order valence-electron chi connectivity index (χ1n) is 6.55. The molecule has 1 aromatic rings. The predicted octanol–water partition coefficient (Wildman–Crippen LogP) is 2.40. The van der Waals surface area contributed by atoms with Crippen LogP contribution >= 0.6 is 11.6 Å². The Hall–Kier alpha value is -1.82. The van der Waals surface area contributed by atoms with E-state index in [0.29, 0.717) is 6.54 Å². The number of rotatable bonds is 6. The first kappa shape index (κ1) is 17.2. The molecule has 0 aliphatic carbocycles. The van der Waals surface area contributed by atoms with E-state index in [9.17, 15) is 9.18 Å². The Morgan fingerprint density at radius 1 is 1.52 bits per heavy atom. The van der Waals surface area contributed by atoms with Crippen LogP contribution in [0.15, 0.2) is 23.4 Å². The zero-order valence-corrected chi connectivity index (χ0v) is 12.8. The van der Waals surface area contributed by atoms with Crippen LogP contribution in [-0.4, -0.2) is 34.4 Å². The van der Waals surface area contributed by atoms with Gasteiger partial charge in [0.25, 0.3) is 0 Å². The molecule has 0 saturated carbocycles. The molecule has 1 rings (SSSR count). The van der Waals surface area contributed by atoms with E-state index in [2.05, 4.69) is 5.16 Å². The van der Waals surface area contributed by atoms with E-state index in [0.717, 1.165) is 0 Å². The van der Waals surface area contributed by atoms with Crippen LogP contribution in [0, 0.1) is 5.82 Å². The standard InChI is InChI=1S/C14H19ClFN3O2/c1-9(2)19(7-6-13(17)18-21)14(20)8-10-11(15)4-3-5-12(10)16/h3-5,9,21H,6-8H2,1-2H3,(H2,17,18). The van der Waals surface area contributed by atoms with Gasteiger partial charge in [-0.25, -0.2) is 4.39 Å². The molecule has 0 bridgehead atoms. The molecule has 5 nitrogen and oxygen atoms in total.